The van der Waals surface area contributed by atoms with Gasteiger partial charge < -0.3 is 14.8 Å². The molecule has 5 nitrogen and oxygen atoms in total. The molecule has 2 atom stereocenters. The van der Waals surface area contributed by atoms with Gasteiger partial charge in [0, 0.05) is 12.0 Å². The van der Waals surface area contributed by atoms with Crippen LogP contribution < -0.4 is 0 Å². The summed E-state index contributed by atoms with van der Waals surface area (Å²) >= 11 is 0. The van der Waals surface area contributed by atoms with E-state index in [4.69, 9.17) is 5.11 Å². The monoisotopic (exact) mass is 288 g/mol. The summed E-state index contributed by atoms with van der Waals surface area (Å²) in [7, 11) is 0. The molecule has 1 aromatic carbocycles. The Morgan fingerprint density at radius 2 is 2.14 bits per heavy atom. The number of benzene rings is 1. The van der Waals surface area contributed by atoms with Crippen LogP contribution in [-0.2, 0) is 0 Å². The fourth-order valence-corrected chi connectivity index (χ4v) is 2.94. The van der Waals surface area contributed by atoms with Crippen molar-refractivity contribution in [2.75, 3.05) is 0 Å². The van der Waals surface area contributed by atoms with Crippen molar-refractivity contribution in [2.24, 2.45) is 0 Å². The van der Waals surface area contributed by atoms with Gasteiger partial charge in [-0.05, 0) is 51.3 Å². The molecule has 112 valence electrons. The van der Waals surface area contributed by atoms with Gasteiger partial charge >= 0.3 is 5.97 Å². The first-order valence-electron chi connectivity index (χ1n) is 7.40. The van der Waals surface area contributed by atoms with Gasteiger partial charge in [0.1, 0.15) is 5.82 Å². The Morgan fingerprint density at radius 1 is 1.43 bits per heavy atom. The molecule has 0 amide bonds. The zero-order valence-corrected chi connectivity index (χ0v) is 12.3. The minimum atomic E-state index is -0.934. The molecule has 0 radical (unpaired) electrons. The minimum Gasteiger partial charge on any atom is -0.478 e. The van der Waals surface area contributed by atoms with Gasteiger partial charge in [-0.2, -0.15) is 0 Å². The van der Waals surface area contributed by atoms with Gasteiger partial charge in [0.2, 0.25) is 0 Å². The molecule has 1 heterocycles. The van der Waals surface area contributed by atoms with E-state index in [0.717, 1.165) is 29.7 Å². The van der Waals surface area contributed by atoms with Crippen molar-refractivity contribution in [3.8, 4) is 0 Å². The van der Waals surface area contributed by atoms with Crippen LogP contribution in [0.15, 0.2) is 18.2 Å². The summed E-state index contributed by atoms with van der Waals surface area (Å²) < 4.78 is 2.17. The van der Waals surface area contributed by atoms with Gasteiger partial charge in [-0.1, -0.05) is 0 Å². The van der Waals surface area contributed by atoms with E-state index in [1.165, 1.54) is 0 Å². The van der Waals surface area contributed by atoms with Crippen LogP contribution in [0.2, 0.25) is 0 Å². The van der Waals surface area contributed by atoms with Crippen LogP contribution in [0.4, 0.5) is 0 Å². The predicted octanol–water partition coefficient (Wildman–Crippen LogP) is 2.94. The second-order valence-corrected chi connectivity index (χ2v) is 6.06. The zero-order valence-electron chi connectivity index (χ0n) is 12.3. The zero-order chi connectivity index (χ0) is 15.1. The number of aliphatic hydroxyl groups excluding tert-OH is 1. The molecule has 0 aliphatic heterocycles. The molecule has 3 rings (SSSR count). The van der Waals surface area contributed by atoms with Crippen LogP contribution in [-0.4, -0.2) is 31.8 Å². The molecule has 0 saturated heterocycles. The molecular formula is C16H20N2O3. The van der Waals surface area contributed by atoms with Crippen molar-refractivity contribution in [3.05, 3.63) is 29.6 Å². The number of fused-ring (bicyclic) bond motifs is 1. The quantitative estimate of drug-likeness (QED) is 0.887. The molecule has 2 N–H and O–H groups in total. The summed E-state index contributed by atoms with van der Waals surface area (Å²) in [5.74, 6) is 0.569. The Balaban J connectivity index is 2.11. The van der Waals surface area contributed by atoms with E-state index >= 15 is 0 Å². The third-order valence-electron chi connectivity index (χ3n) is 4.03. The number of imidazole rings is 1. The Bertz CT molecular complexity index is 686. The van der Waals surface area contributed by atoms with Crippen LogP contribution in [0.1, 0.15) is 61.3 Å². The summed E-state index contributed by atoms with van der Waals surface area (Å²) in [6.45, 7) is 3.86. The maximum atomic E-state index is 11.1. The fourth-order valence-electron chi connectivity index (χ4n) is 2.94. The summed E-state index contributed by atoms with van der Waals surface area (Å²) in [6.07, 6.45) is 2.56. The lowest BCUT2D eigenvalue weighted by Gasteiger charge is -2.19. The highest BCUT2D eigenvalue weighted by Crippen LogP contribution is 2.42. The number of aromatic nitrogens is 2. The smallest absolute Gasteiger partial charge is 0.335 e. The van der Waals surface area contributed by atoms with E-state index in [1.54, 1.807) is 19.1 Å². The highest BCUT2D eigenvalue weighted by molar-refractivity contribution is 5.92. The third kappa shape index (κ3) is 2.65. The number of aliphatic hydroxyl groups is 1. The van der Waals surface area contributed by atoms with E-state index < -0.39 is 5.97 Å². The Labute approximate surface area is 123 Å². The standard InChI is InChI=1S/C16H20N2O3/c1-9(7-10(2)19)18-14-6-5-12(16(20)21)8-13(14)17-15(18)11-3-4-11/h5-6,8-11,19H,3-4,7H2,1-2H3,(H,20,21). The second-order valence-electron chi connectivity index (χ2n) is 6.06. The number of nitrogens with zero attached hydrogens (tertiary/aromatic N) is 2. The molecule has 2 unspecified atom stereocenters. The maximum absolute atomic E-state index is 11.1. The van der Waals surface area contributed by atoms with Crippen LogP contribution in [0.25, 0.3) is 11.0 Å². The molecule has 2 aromatic rings. The number of hydrogen-bond donors (Lipinski definition) is 2. The van der Waals surface area contributed by atoms with Crippen LogP contribution in [0.3, 0.4) is 0 Å². The number of carboxylic acid groups (broad SMARTS) is 1. The highest BCUT2D eigenvalue weighted by atomic mass is 16.4. The molecule has 1 fully saturated rings. The average molecular weight is 288 g/mol. The van der Waals surface area contributed by atoms with Crippen molar-refractivity contribution in [2.45, 2.75) is 51.2 Å². The largest absolute Gasteiger partial charge is 0.478 e. The number of carbonyl (C=O) groups is 1. The molecule has 1 aliphatic carbocycles. The Morgan fingerprint density at radius 3 is 2.71 bits per heavy atom. The highest BCUT2D eigenvalue weighted by Gasteiger charge is 2.31. The number of aromatic carboxylic acids is 1. The lowest BCUT2D eigenvalue weighted by molar-refractivity contribution is 0.0697. The normalized spacial score (nSPS) is 17.9. The third-order valence-corrected chi connectivity index (χ3v) is 4.03. The summed E-state index contributed by atoms with van der Waals surface area (Å²) in [5, 5.41) is 18.7. The Kier molecular flexibility index (Phi) is 3.45. The van der Waals surface area contributed by atoms with Crippen LogP contribution >= 0.6 is 0 Å². The number of hydrogen-bond acceptors (Lipinski definition) is 3. The first-order valence-corrected chi connectivity index (χ1v) is 7.40. The van der Waals surface area contributed by atoms with Crippen molar-refractivity contribution in [1.29, 1.82) is 0 Å². The van der Waals surface area contributed by atoms with Gasteiger partial charge in [0.25, 0.3) is 0 Å². The topological polar surface area (TPSA) is 75.3 Å². The molecule has 0 bridgehead atoms. The molecule has 5 heteroatoms. The van der Waals surface area contributed by atoms with Crippen molar-refractivity contribution in [1.82, 2.24) is 9.55 Å². The molecule has 1 aromatic heterocycles. The lowest BCUT2D eigenvalue weighted by Crippen LogP contribution is -2.14. The summed E-state index contributed by atoms with van der Waals surface area (Å²) in [4.78, 5) is 15.8. The minimum absolute atomic E-state index is 0.140. The van der Waals surface area contributed by atoms with E-state index in [-0.39, 0.29) is 17.7 Å². The first kappa shape index (κ1) is 14.1. The predicted molar refractivity (Wildman–Crippen MR) is 79.7 cm³/mol. The van der Waals surface area contributed by atoms with Gasteiger partial charge in [-0.25, -0.2) is 9.78 Å². The van der Waals surface area contributed by atoms with Crippen molar-refractivity contribution >= 4 is 17.0 Å². The van der Waals surface area contributed by atoms with E-state index in [1.807, 2.05) is 6.07 Å². The molecular weight excluding hydrogens is 268 g/mol. The van der Waals surface area contributed by atoms with E-state index in [9.17, 15) is 9.90 Å². The molecule has 1 saturated carbocycles. The Hall–Kier alpha value is -1.88. The van der Waals surface area contributed by atoms with Crippen LogP contribution in [0, 0.1) is 0 Å². The summed E-state index contributed by atoms with van der Waals surface area (Å²) in [6, 6.07) is 5.22. The van der Waals surface area contributed by atoms with E-state index in [2.05, 4.69) is 16.5 Å². The van der Waals surface area contributed by atoms with Crippen molar-refractivity contribution < 1.29 is 15.0 Å². The van der Waals surface area contributed by atoms with Gasteiger partial charge in [-0.3, -0.25) is 0 Å². The SMILES string of the molecule is CC(O)CC(C)n1c(C2CC2)nc2cc(C(=O)O)ccc21. The van der Waals surface area contributed by atoms with Crippen molar-refractivity contribution in [3.63, 3.8) is 0 Å². The van der Waals surface area contributed by atoms with E-state index in [0.29, 0.717) is 12.3 Å². The first-order chi connectivity index (χ1) is 9.97. The summed E-state index contributed by atoms with van der Waals surface area (Å²) in [5.41, 5.74) is 1.95. The van der Waals surface area contributed by atoms with Gasteiger partial charge in [0.05, 0.1) is 22.7 Å². The lowest BCUT2D eigenvalue weighted by atomic mass is 10.1. The number of rotatable bonds is 5. The number of carboxylic acids is 1. The van der Waals surface area contributed by atoms with Gasteiger partial charge in [0.15, 0.2) is 0 Å². The second kappa shape index (κ2) is 5.15. The van der Waals surface area contributed by atoms with Gasteiger partial charge in [-0.15, -0.1) is 0 Å². The molecule has 0 spiro atoms. The average Bonchev–Trinajstić information content (AvgIpc) is 3.17. The maximum Gasteiger partial charge on any atom is 0.335 e. The molecule has 1 aliphatic rings. The molecule has 21 heavy (non-hydrogen) atoms. The fraction of sp³-hybridized carbons (Fsp3) is 0.500. The van der Waals surface area contributed by atoms with Crippen LogP contribution in [0.5, 0.6) is 0 Å².